The van der Waals surface area contributed by atoms with Crippen molar-refractivity contribution in [1.29, 1.82) is 21.0 Å². The van der Waals surface area contributed by atoms with E-state index in [-0.39, 0.29) is 5.57 Å². The van der Waals surface area contributed by atoms with Crippen molar-refractivity contribution in [3.63, 3.8) is 0 Å². The van der Waals surface area contributed by atoms with E-state index in [1.807, 2.05) is 48.5 Å². The van der Waals surface area contributed by atoms with E-state index in [2.05, 4.69) is 11.6 Å². The van der Waals surface area contributed by atoms with Crippen molar-refractivity contribution in [2.24, 2.45) is 10.8 Å². The van der Waals surface area contributed by atoms with E-state index in [4.69, 9.17) is 0 Å². The van der Waals surface area contributed by atoms with E-state index < -0.39 is 16.7 Å². The van der Waals surface area contributed by atoms with Gasteiger partial charge in [-0.15, -0.1) is 0 Å². The molecule has 0 spiro atoms. The van der Waals surface area contributed by atoms with Gasteiger partial charge in [0.05, 0.1) is 24.3 Å². The van der Waals surface area contributed by atoms with Crippen LogP contribution in [-0.4, -0.2) is 4.98 Å². The van der Waals surface area contributed by atoms with E-state index >= 15 is 0 Å². The number of nitrogens with zero attached hydrogens (tertiary/aromatic N) is 4. The smallest absolute Gasteiger partial charge is 0.200 e. The van der Waals surface area contributed by atoms with Gasteiger partial charge in [-0.1, -0.05) is 31.7 Å². The first-order chi connectivity index (χ1) is 11.0. The first-order valence-corrected chi connectivity index (χ1v) is 6.98. The highest BCUT2D eigenvalue weighted by molar-refractivity contribution is 5.98. The van der Waals surface area contributed by atoms with Crippen LogP contribution in [0.5, 0.6) is 0 Å². The predicted octanol–water partition coefficient (Wildman–Crippen LogP) is 3.37. The molecule has 0 radical (unpaired) electrons. The average Bonchev–Trinajstić information content (AvgIpc) is 2.98. The van der Waals surface area contributed by atoms with Gasteiger partial charge in [0.15, 0.2) is 5.41 Å². The Labute approximate surface area is 133 Å². The predicted molar refractivity (Wildman–Crippen MR) is 83.1 cm³/mol. The van der Waals surface area contributed by atoms with Gasteiger partial charge in [-0.25, -0.2) is 0 Å². The second-order valence-electron chi connectivity index (χ2n) is 5.66. The zero-order valence-corrected chi connectivity index (χ0v) is 12.4. The van der Waals surface area contributed by atoms with Crippen LogP contribution in [0.1, 0.15) is 24.1 Å². The van der Waals surface area contributed by atoms with Gasteiger partial charge < -0.3 is 4.98 Å². The van der Waals surface area contributed by atoms with Crippen molar-refractivity contribution in [2.75, 3.05) is 0 Å². The number of aromatic amines is 1. The van der Waals surface area contributed by atoms with Crippen LogP contribution < -0.4 is 0 Å². The van der Waals surface area contributed by atoms with Crippen LogP contribution in [0.15, 0.2) is 30.8 Å². The normalized spacial score (nSPS) is 20.6. The van der Waals surface area contributed by atoms with Crippen LogP contribution in [0.25, 0.3) is 16.5 Å². The summed E-state index contributed by atoms with van der Waals surface area (Å²) in [7, 11) is 0. The number of rotatable bonds is 0. The Morgan fingerprint density at radius 1 is 1.04 bits per heavy atom. The lowest BCUT2D eigenvalue weighted by Crippen LogP contribution is -2.46. The van der Waals surface area contributed by atoms with Gasteiger partial charge >= 0.3 is 0 Å². The fourth-order valence-corrected chi connectivity index (χ4v) is 3.50. The molecule has 23 heavy (non-hydrogen) atoms. The van der Waals surface area contributed by atoms with Gasteiger partial charge in [-0.2, -0.15) is 21.0 Å². The van der Waals surface area contributed by atoms with Gasteiger partial charge in [0.1, 0.15) is 0 Å². The van der Waals surface area contributed by atoms with Crippen molar-refractivity contribution in [3.05, 3.63) is 42.1 Å². The Bertz CT molecular complexity index is 985. The number of H-pyrrole nitrogens is 1. The average molecular weight is 297 g/mol. The van der Waals surface area contributed by atoms with E-state index in [1.165, 1.54) is 0 Å². The fraction of sp³-hybridized carbons (Fsp3) is 0.222. The summed E-state index contributed by atoms with van der Waals surface area (Å²) in [5.74, 6) is -0.635. The summed E-state index contributed by atoms with van der Waals surface area (Å²) in [4.78, 5) is 3.22. The van der Waals surface area contributed by atoms with Crippen LogP contribution in [-0.2, 0) is 0 Å². The Morgan fingerprint density at radius 2 is 1.65 bits per heavy atom. The summed E-state index contributed by atoms with van der Waals surface area (Å²) in [6.45, 7) is 5.62. The number of benzene rings is 1. The lowest BCUT2D eigenvalue weighted by Gasteiger charge is -2.41. The highest BCUT2D eigenvalue weighted by atomic mass is 14.8. The van der Waals surface area contributed by atoms with Crippen LogP contribution >= 0.6 is 0 Å². The number of hydrogen-bond donors (Lipinski definition) is 1. The second kappa shape index (κ2) is 4.48. The molecule has 5 heteroatoms. The molecule has 1 aliphatic rings. The molecule has 0 fully saturated rings. The summed E-state index contributed by atoms with van der Waals surface area (Å²) in [5, 5.41) is 39.7. The monoisotopic (exact) mass is 297 g/mol. The van der Waals surface area contributed by atoms with Crippen molar-refractivity contribution in [3.8, 4) is 24.3 Å². The zero-order chi connectivity index (χ0) is 16.8. The molecular formula is C18H11N5. The molecule has 1 aromatic heterocycles. The first kappa shape index (κ1) is 14.4. The largest absolute Gasteiger partial charge is 0.358 e. The number of nitriles is 4. The summed E-state index contributed by atoms with van der Waals surface area (Å²) in [6.07, 6.45) is 0. The molecule has 0 aliphatic heterocycles. The molecule has 3 rings (SSSR count). The summed E-state index contributed by atoms with van der Waals surface area (Å²) in [6, 6.07) is 15.2. The van der Waals surface area contributed by atoms with Crippen molar-refractivity contribution in [1.82, 2.24) is 4.98 Å². The van der Waals surface area contributed by atoms with Crippen molar-refractivity contribution < 1.29 is 0 Å². The third kappa shape index (κ3) is 1.37. The number of aromatic nitrogens is 1. The van der Waals surface area contributed by atoms with Crippen LogP contribution in [0.2, 0.25) is 0 Å². The van der Waals surface area contributed by atoms with Crippen LogP contribution in [0.3, 0.4) is 0 Å². The molecule has 1 atom stereocenters. The van der Waals surface area contributed by atoms with E-state index in [0.29, 0.717) is 11.3 Å². The number of allylic oxidation sites excluding steroid dienone is 1. The maximum Gasteiger partial charge on any atom is 0.200 e. The number of fused-ring (bicyclic) bond motifs is 3. The van der Waals surface area contributed by atoms with Crippen LogP contribution in [0.4, 0.5) is 0 Å². The highest BCUT2D eigenvalue weighted by Gasteiger charge is 2.64. The lowest BCUT2D eigenvalue weighted by molar-refractivity contribution is 0.305. The quantitative estimate of drug-likeness (QED) is 0.803. The molecular weight excluding hydrogens is 286 g/mol. The Morgan fingerprint density at radius 3 is 2.22 bits per heavy atom. The van der Waals surface area contributed by atoms with E-state index in [0.717, 1.165) is 10.9 Å². The molecule has 1 aromatic carbocycles. The van der Waals surface area contributed by atoms with Gasteiger partial charge in [0.25, 0.3) is 0 Å². The minimum absolute atomic E-state index is 0.205. The standard InChI is InChI=1S/C18H11N5/c1-11-15-13-5-3-4-6-14(13)23-16(15)12(2)18(9-21,10-22)17(11,7-19)8-20/h3-6,12,23H,1H2,2H3. The highest BCUT2D eigenvalue weighted by Crippen LogP contribution is 2.60. The van der Waals surface area contributed by atoms with E-state index in [9.17, 15) is 21.0 Å². The SMILES string of the molecule is C=C1c2c([nH]c3ccccc23)C(C)C(C#N)(C#N)C1(C#N)C#N. The van der Waals surface area contributed by atoms with Gasteiger partial charge in [-0.3, -0.25) is 0 Å². The van der Waals surface area contributed by atoms with Gasteiger partial charge in [0, 0.05) is 28.1 Å². The summed E-state index contributed by atoms with van der Waals surface area (Å²) in [5.41, 5.74) is -1.37. The molecule has 5 nitrogen and oxygen atoms in total. The van der Waals surface area contributed by atoms with Crippen molar-refractivity contribution >= 4 is 16.5 Å². The molecule has 1 heterocycles. The third-order valence-corrected chi connectivity index (χ3v) is 4.85. The van der Waals surface area contributed by atoms with Gasteiger partial charge in [0.2, 0.25) is 5.41 Å². The van der Waals surface area contributed by atoms with E-state index in [1.54, 1.807) is 6.92 Å². The number of hydrogen-bond acceptors (Lipinski definition) is 4. The van der Waals surface area contributed by atoms with Crippen LogP contribution in [0, 0.1) is 56.2 Å². The molecule has 108 valence electrons. The molecule has 2 aromatic rings. The maximum absolute atomic E-state index is 9.72. The first-order valence-electron chi connectivity index (χ1n) is 6.98. The number of nitrogens with one attached hydrogen (secondary N) is 1. The zero-order valence-electron chi connectivity index (χ0n) is 12.4. The molecule has 0 saturated carbocycles. The lowest BCUT2D eigenvalue weighted by atomic mass is 9.52. The minimum atomic E-state index is -1.91. The van der Waals surface area contributed by atoms with Gasteiger partial charge in [-0.05, 0) is 11.6 Å². The summed E-state index contributed by atoms with van der Waals surface area (Å²) < 4.78 is 0. The van der Waals surface area contributed by atoms with Crippen molar-refractivity contribution in [2.45, 2.75) is 12.8 Å². The Kier molecular flexibility index (Phi) is 2.80. The minimum Gasteiger partial charge on any atom is -0.358 e. The summed E-state index contributed by atoms with van der Waals surface area (Å²) >= 11 is 0. The fourth-order valence-electron chi connectivity index (χ4n) is 3.50. The molecule has 1 aliphatic carbocycles. The molecule has 0 bridgehead atoms. The number of para-hydroxylation sites is 1. The molecule has 0 amide bonds. The molecule has 1 N–H and O–H groups in total. The Balaban J connectivity index is 2.52. The Hall–Kier alpha value is -3.54. The second-order valence-corrected chi connectivity index (χ2v) is 5.66. The molecule has 0 saturated heterocycles. The topological polar surface area (TPSA) is 111 Å². The maximum atomic E-state index is 9.72. The molecule has 1 unspecified atom stereocenters. The third-order valence-electron chi connectivity index (χ3n) is 4.85.